The van der Waals surface area contributed by atoms with E-state index >= 15 is 0 Å². The minimum Gasteiger partial charge on any atom is -0.465 e. The van der Waals surface area contributed by atoms with Gasteiger partial charge in [0.1, 0.15) is 10.6 Å². The summed E-state index contributed by atoms with van der Waals surface area (Å²) in [5.41, 5.74) is 1.85. The Balaban J connectivity index is 1.92. The van der Waals surface area contributed by atoms with Crippen molar-refractivity contribution in [3.8, 4) is 0 Å². The summed E-state index contributed by atoms with van der Waals surface area (Å²) >= 11 is 7.44. The summed E-state index contributed by atoms with van der Waals surface area (Å²) in [6.45, 7) is 1.82. The molecule has 0 aliphatic carbocycles. The van der Waals surface area contributed by atoms with Gasteiger partial charge >= 0.3 is 5.97 Å². The number of halogens is 1. The summed E-state index contributed by atoms with van der Waals surface area (Å²) in [6.07, 6.45) is 0. The number of benzene rings is 1. The van der Waals surface area contributed by atoms with E-state index in [0.29, 0.717) is 21.3 Å². The van der Waals surface area contributed by atoms with E-state index < -0.39 is 5.97 Å². The Morgan fingerprint density at radius 3 is 2.71 bits per heavy atom. The molecule has 0 spiro atoms. The van der Waals surface area contributed by atoms with Crippen molar-refractivity contribution in [3.63, 3.8) is 0 Å². The lowest BCUT2D eigenvalue weighted by Crippen LogP contribution is -2.15. The molecule has 0 atom stereocenters. The molecule has 0 saturated carbocycles. The van der Waals surface area contributed by atoms with E-state index in [4.69, 9.17) is 16.3 Å². The lowest BCUT2D eigenvalue weighted by atomic mass is 10.2. The SMILES string of the molecule is COC(=O)c1sc2cc(NC(=O)c3cc(C)nn3C)ccc2c1Cl. The number of nitrogens with zero attached hydrogens (tertiary/aromatic N) is 2. The van der Waals surface area contributed by atoms with E-state index in [0.717, 1.165) is 15.8 Å². The number of anilines is 1. The number of carbonyl (C=O) groups excluding carboxylic acids is 2. The Morgan fingerprint density at radius 2 is 2.08 bits per heavy atom. The molecule has 3 aromatic rings. The molecule has 1 N–H and O–H groups in total. The standard InChI is InChI=1S/C16H14ClN3O3S/c1-8-6-11(20(2)19-8)15(21)18-9-4-5-10-12(7-9)24-14(13(10)17)16(22)23-3/h4-7H,1-3H3,(H,18,21). The number of rotatable bonds is 3. The van der Waals surface area contributed by atoms with Crippen LogP contribution in [0.4, 0.5) is 5.69 Å². The second kappa shape index (κ2) is 6.26. The van der Waals surface area contributed by atoms with Gasteiger partial charge in [0.05, 0.1) is 17.8 Å². The summed E-state index contributed by atoms with van der Waals surface area (Å²) in [5, 5.41) is 8.09. The third kappa shape index (κ3) is 2.88. The van der Waals surface area contributed by atoms with Crippen molar-refractivity contribution in [3.05, 3.63) is 45.6 Å². The normalized spacial score (nSPS) is 10.8. The first-order valence-electron chi connectivity index (χ1n) is 7.03. The Hall–Kier alpha value is -2.38. The highest BCUT2D eigenvalue weighted by Gasteiger charge is 2.18. The van der Waals surface area contributed by atoms with Crippen LogP contribution in [0.5, 0.6) is 0 Å². The number of esters is 1. The van der Waals surface area contributed by atoms with Crippen molar-refractivity contribution in [1.29, 1.82) is 0 Å². The van der Waals surface area contributed by atoms with Gasteiger partial charge in [0, 0.05) is 22.8 Å². The smallest absolute Gasteiger partial charge is 0.349 e. The topological polar surface area (TPSA) is 73.2 Å². The third-order valence-corrected chi connectivity index (χ3v) is 5.13. The zero-order valence-electron chi connectivity index (χ0n) is 13.2. The molecule has 0 aliphatic heterocycles. The highest BCUT2D eigenvalue weighted by atomic mass is 35.5. The van der Waals surface area contributed by atoms with Gasteiger partial charge in [0.25, 0.3) is 5.91 Å². The van der Waals surface area contributed by atoms with Crippen LogP contribution in [0.1, 0.15) is 25.9 Å². The molecule has 0 saturated heterocycles. The molecule has 2 aromatic heterocycles. The van der Waals surface area contributed by atoms with Crippen LogP contribution in [-0.4, -0.2) is 28.8 Å². The minimum absolute atomic E-state index is 0.256. The molecule has 6 nitrogen and oxygen atoms in total. The Labute approximate surface area is 147 Å². The van der Waals surface area contributed by atoms with E-state index in [1.165, 1.54) is 23.1 Å². The fourth-order valence-corrected chi connectivity index (χ4v) is 3.85. The molecule has 0 bridgehead atoms. The van der Waals surface area contributed by atoms with Gasteiger partial charge in [0.15, 0.2) is 0 Å². The molecule has 0 fully saturated rings. The monoisotopic (exact) mass is 363 g/mol. The first-order valence-corrected chi connectivity index (χ1v) is 8.22. The van der Waals surface area contributed by atoms with Gasteiger partial charge in [-0.2, -0.15) is 5.10 Å². The van der Waals surface area contributed by atoms with Gasteiger partial charge in [-0.25, -0.2) is 4.79 Å². The van der Waals surface area contributed by atoms with Gasteiger partial charge in [-0.05, 0) is 31.2 Å². The van der Waals surface area contributed by atoms with Crippen LogP contribution < -0.4 is 5.32 Å². The Kier molecular flexibility index (Phi) is 4.29. The molecule has 3 rings (SSSR count). The lowest BCUT2D eigenvalue weighted by molar-refractivity contribution is 0.0606. The van der Waals surface area contributed by atoms with Gasteiger partial charge in [-0.1, -0.05) is 11.6 Å². The Bertz CT molecular complexity index is 961. The van der Waals surface area contributed by atoms with Crippen LogP contribution in [0.15, 0.2) is 24.3 Å². The van der Waals surface area contributed by atoms with Crippen molar-refractivity contribution in [2.75, 3.05) is 12.4 Å². The summed E-state index contributed by atoms with van der Waals surface area (Å²) < 4.78 is 7.04. The highest BCUT2D eigenvalue weighted by molar-refractivity contribution is 7.21. The van der Waals surface area contributed by atoms with Crippen molar-refractivity contribution < 1.29 is 14.3 Å². The predicted molar refractivity (Wildman–Crippen MR) is 94.1 cm³/mol. The largest absolute Gasteiger partial charge is 0.465 e. The molecule has 1 amide bonds. The third-order valence-electron chi connectivity index (χ3n) is 3.49. The average Bonchev–Trinajstić information content (AvgIpc) is 3.06. The number of hydrogen-bond donors (Lipinski definition) is 1. The van der Waals surface area contributed by atoms with Crippen LogP contribution in [0.25, 0.3) is 10.1 Å². The van der Waals surface area contributed by atoms with Crippen molar-refractivity contribution >= 4 is 50.6 Å². The lowest BCUT2D eigenvalue weighted by Gasteiger charge is -2.05. The van der Waals surface area contributed by atoms with E-state index in [2.05, 4.69) is 10.4 Å². The maximum atomic E-state index is 12.3. The number of nitrogens with one attached hydrogen (secondary N) is 1. The maximum Gasteiger partial charge on any atom is 0.349 e. The van der Waals surface area contributed by atoms with Crippen molar-refractivity contribution in [2.45, 2.75) is 6.92 Å². The molecule has 8 heteroatoms. The second-order valence-corrected chi connectivity index (χ2v) is 6.63. The average molecular weight is 364 g/mol. The fraction of sp³-hybridized carbons (Fsp3) is 0.188. The number of hydrogen-bond acceptors (Lipinski definition) is 5. The first-order chi connectivity index (χ1) is 11.4. The Morgan fingerprint density at radius 1 is 1.33 bits per heavy atom. The van der Waals surface area contributed by atoms with Crippen LogP contribution in [0.2, 0.25) is 5.02 Å². The van der Waals surface area contributed by atoms with Gasteiger partial charge in [0.2, 0.25) is 0 Å². The quantitative estimate of drug-likeness (QED) is 0.721. The molecule has 0 radical (unpaired) electrons. The van der Waals surface area contributed by atoms with Gasteiger partial charge in [-0.15, -0.1) is 11.3 Å². The zero-order chi connectivity index (χ0) is 17.4. The van der Waals surface area contributed by atoms with E-state index in [-0.39, 0.29) is 5.91 Å². The zero-order valence-corrected chi connectivity index (χ0v) is 14.8. The van der Waals surface area contributed by atoms with Gasteiger partial charge in [-0.3, -0.25) is 9.48 Å². The van der Waals surface area contributed by atoms with Crippen LogP contribution in [0, 0.1) is 6.92 Å². The number of aromatic nitrogens is 2. The summed E-state index contributed by atoms with van der Waals surface area (Å²) in [6, 6.07) is 7.00. The highest BCUT2D eigenvalue weighted by Crippen LogP contribution is 2.37. The second-order valence-electron chi connectivity index (χ2n) is 5.20. The van der Waals surface area contributed by atoms with Crippen molar-refractivity contribution in [2.24, 2.45) is 7.05 Å². The molecule has 0 unspecified atom stereocenters. The number of ether oxygens (including phenoxy) is 1. The molecule has 2 heterocycles. The summed E-state index contributed by atoms with van der Waals surface area (Å²) in [4.78, 5) is 24.4. The molecule has 24 heavy (non-hydrogen) atoms. The minimum atomic E-state index is -0.475. The number of methoxy groups -OCH3 is 1. The number of aryl methyl sites for hydroxylation is 2. The number of thiophene rings is 1. The summed E-state index contributed by atoms with van der Waals surface area (Å²) in [5.74, 6) is -0.731. The molecular formula is C16H14ClN3O3S. The molecule has 0 aliphatic rings. The molecule has 1 aromatic carbocycles. The summed E-state index contributed by atoms with van der Waals surface area (Å²) in [7, 11) is 3.03. The van der Waals surface area contributed by atoms with E-state index in [1.54, 1.807) is 31.3 Å². The molecular weight excluding hydrogens is 350 g/mol. The van der Waals surface area contributed by atoms with Crippen LogP contribution in [-0.2, 0) is 11.8 Å². The predicted octanol–water partition coefficient (Wildman–Crippen LogP) is 3.64. The van der Waals surface area contributed by atoms with Crippen LogP contribution >= 0.6 is 22.9 Å². The van der Waals surface area contributed by atoms with Gasteiger partial charge < -0.3 is 10.1 Å². The number of fused-ring (bicyclic) bond motifs is 1. The van der Waals surface area contributed by atoms with Crippen molar-refractivity contribution in [1.82, 2.24) is 9.78 Å². The maximum absolute atomic E-state index is 12.3. The van der Waals surface area contributed by atoms with E-state index in [1.807, 2.05) is 6.92 Å². The first kappa shape index (κ1) is 16.5. The number of amides is 1. The molecule has 124 valence electrons. The van der Waals surface area contributed by atoms with Crippen LogP contribution in [0.3, 0.4) is 0 Å². The fourth-order valence-electron chi connectivity index (χ4n) is 2.39. The number of carbonyl (C=O) groups is 2. The van der Waals surface area contributed by atoms with E-state index in [9.17, 15) is 9.59 Å².